The van der Waals surface area contributed by atoms with Gasteiger partial charge in [0.1, 0.15) is 18.3 Å². The van der Waals surface area contributed by atoms with E-state index in [2.05, 4.69) is 5.32 Å². The lowest BCUT2D eigenvalue weighted by Gasteiger charge is -2.34. The fraction of sp³-hybridized carbons (Fsp3) is 0.297. The van der Waals surface area contributed by atoms with Crippen molar-refractivity contribution >= 4 is 50.9 Å². The Balaban J connectivity index is 1.85. The highest BCUT2D eigenvalue weighted by Gasteiger charge is 2.36. The molecule has 0 aromatic heterocycles. The predicted molar refractivity (Wildman–Crippen MR) is 194 cm³/mol. The third-order valence-electron chi connectivity index (χ3n) is 7.93. The monoisotopic (exact) mass is 707 g/mol. The van der Waals surface area contributed by atoms with Crippen LogP contribution in [0.5, 0.6) is 5.75 Å². The Morgan fingerprint density at radius 1 is 0.896 bits per heavy atom. The Labute approximate surface area is 293 Å². The molecule has 0 bridgehead atoms. The van der Waals surface area contributed by atoms with E-state index in [0.717, 1.165) is 14.8 Å². The lowest BCUT2D eigenvalue weighted by Crippen LogP contribution is -2.54. The minimum Gasteiger partial charge on any atom is -0.492 e. The summed E-state index contributed by atoms with van der Waals surface area (Å²) in [5.74, 6) is -0.610. The van der Waals surface area contributed by atoms with Gasteiger partial charge in [0.25, 0.3) is 10.0 Å². The van der Waals surface area contributed by atoms with Gasteiger partial charge in [0, 0.05) is 28.9 Å². The molecule has 11 heteroatoms. The van der Waals surface area contributed by atoms with Gasteiger partial charge in [-0.1, -0.05) is 79.2 Å². The quantitative estimate of drug-likeness (QED) is 0.124. The number of anilines is 1. The maximum atomic E-state index is 14.7. The molecule has 0 heterocycles. The Kier molecular flexibility index (Phi) is 13.4. The first kappa shape index (κ1) is 36.8. The first-order valence-corrected chi connectivity index (χ1v) is 18.9. The number of carbonyl (C=O) groups is 2. The number of sulfonamides is 1. The van der Waals surface area contributed by atoms with Gasteiger partial charge in [0.15, 0.2) is 0 Å². The van der Waals surface area contributed by atoms with E-state index in [4.69, 9.17) is 16.3 Å². The Bertz CT molecular complexity index is 1770. The van der Waals surface area contributed by atoms with E-state index in [1.807, 2.05) is 56.5 Å². The summed E-state index contributed by atoms with van der Waals surface area (Å²) in [6, 6.07) is 28.7. The van der Waals surface area contributed by atoms with Crippen molar-refractivity contribution in [1.29, 1.82) is 0 Å². The van der Waals surface area contributed by atoms with Gasteiger partial charge >= 0.3 is 0 Å². The number of ether oxygens (including phenoxy) is 1. The largest absolute Gasteiger partial charge is 0.492 e. The van der Waals surface area contributed by atoms with Crippen molar-refractivity contribution in [2.24, 2.45) is 0 Å². The molecular formula is C37H42ClN3O5S2. The zero-order valence-electron chi connectivity index (χ0n) is 27.6. The summed E-state index contributed by atoms with van der Waals surface area (Å²) < 4.78 is 35.8. The van der Waals surface area contributed by atoms with Crippen LogP contribution in [0.15, 0.2) is 113 Å². The van der Waals surface area contributed by atoms with E-state index < -0.39 is 28.5 Å². The predicted octanol–water partition coefficient (Wildman–Crippen LogP) is 7.21. The molecule has 0 unspecified atom stereocenters. The van der Waals surface area contributed by atoms with Gasteiger partial charge in [-0.3, -0.25) is 13.9 Å². The molecule has 4 aromatic carbocycles. The summed E-state index contributed by atoms with van der Waals surface area (Å²) in [5.41, 5.74) is 1.68. The summed E-state index contributed by atoms with van der Waals surface area (Å²) in [4.78, 5) is 31.1. The van der Waals surface area contributed by atoms with Gasteiger partial charge in [-0.2, -0.15) is 0 Å². The zero-order chi connectivity index (χ0) is 34.7. The standard InChI is InChI=1S/C37H42ClN3O5S2/c1-5-27(3)39-37(43)34(24-28-14-8-7-9-15-28)40(25-29-16-10-11-17-32(29)38)36(42)26-41(33-18-12-13-19-35(33)46-6-2)48(44,45)31-22-20-30(47-4)21-23-31/h7-23,27,34H,5-6,24-26H2,1-4H3,(H,39,43)/t27-,34+/m1/s1. The SMILES string of the molecule is CCOc1ccccc1N(CC(=O)N(Cc1ccccc1Cl)[C@@H](Cc1ccccc1)C(=O)N[C@H](C)CC)S(=O)(=O)c1ccc(SC)cc1. The topological polar surface area (TPSA) is 96.0 Å². The maximum Gasteiger partial charge on any atom is 0.264 e. The van der Waals surface area contributed by atoms with Gasteiger partial charge in [-0.05, 0) is 80.1 Å². The van der Waals surface area contributed by atoms with Crippen LogP contribution < -0.4 is 14.4 Å². The van der Waals surface area contributed by atoms with Crippen molar-refractivity contribution in [1.82, 2.24) is 10.2 Å². The summed E-state index contributed by atoms with van der Waals surface area (Å²) in [6.07, 6.45) is 2.80. The lowest BCUT2D eigenvalue weighted by atomic mass is 10.0. The van der Waals surface area contributed by atoms with E-state index in [-0.39, 0.29) is 42.1 Å². The molecular weight excluding hydrogens is 666 g/mol. The van der Waals surface area contributed by atoms with Crippen LogP contribution in [0.2, 0.25) is 5.02 Å². The minimum absolute atomic E-state index is 0.0205. The maximum absolute atomic E-state index is 14.7. The molecule has 2 amide bonds. The number of halogens is 1. The van der Waals surface area contributed by atoms with Crippen molar-refractivity contribution in [3.63, 3.8) is 0 Å². The third-order valence-corrected chi connectivity index (χ3v) is 10.8. The van der Waals surface area contributed by atoms with Crippen molar-refractivity contribution in [2.45, 2.75) is 62.0 Å². The first-order valence-electron chi connectivity index (χ1n) is 15.8. The number of thioether (sulfide) groups is 1. The number of hydrogen-bond acceptors (Lipinski definition) is 6. The second kappa shape index (κ2) is 17.4. The minimum atomic E-state index is -4.29. The molecule has 0 saturated carbocycles. The Morgan fingerprint density at radius 3 is 2.19 bits per heavy atom. The van der Waals surface area contributed by atoms with Crippen LogP contribution in [0.25, 0.3) is 0 Å². The highest BCUT2D eigenvalue weighted by Crippen LogP contribution is 2.33. The number of amides is 2. The molecule has 254 valence electrons. The summed E-state index contributed by atoms with van der Waals surface area (Å²) in [7, 11) is -4.29. The van der Waals surface area contributed by atoms with Crippen LogP contribution in [0.3, 0.4) is 0 Å². The van der Waals surface area contributed by atoms with E-state index in [9.17, 15) is 18.0 Å². The molecule has 4 aromatic rings. The fourth-order valence-electron chi connectivity index (χ4n) is 5.13. The number of benzene rings is 4. The normalized spacial score (nSPS) is 12.5. The van der Waals surface area contributed by atoms with E-state index in [1.165, 1.54) is 28.8 Å². The zero-order valence-corrected chi connectivity index (χ0v) is 30.0. The van der Waals surface area contributed by atoms with Crippen LogP contribution in [-0.2, 0) is 32.6 Å². The van der Waals surface area contributed by atoms with Crippen molar-refractivity contribution in [2.75, 3.05) is 23.7 Å². The van der Waals surface area contributed by atoms with Crippen molar-refractivity contribution in [3.05, 3.63) is 119 Å². The molecule has 2 atom stereocenters. The summed E-state index contributed by atoms with van der Waals surface area (Å²) >= 11 is 8.09. The number of hydrogen-bond donors (Lipinski definition) is 1. The number of rotatable bonds is 16. The van der Waals surface area contributed by atoms with Crippen molar-refractivity contribution in [3.8, 4) is 5.75 Å². The van der Waals surface area contributed by atoms with Crippen LogP contribution >= 0.6 is 23.4 Å². The fourth-order valence-corrected chi connectivity index (χ4v) is 7.16. The van der Waals surface area contributed by atoms with Gasteiger partial charge < -0.3 is 15.0 Å². The average Bonchev–Trinajstić information content (AvgIpc) is 3.10. The highest BCUT2D eigenvalue weighted by molar-refractivity contribution is 7.98. The molecule has 4 rings (SSSR count). The summed E-state index contributed by atoms with van der Waals surface area (Å²) in [5, 5.41) is 3.47. The molecule has 1 N–H and O–H groups in total. The average molecular weight is 708 g/mol. The third kappa shape index (κ3) is 9.33. The molecule has 0 aliphatic carbocycles. The Morgan fingerprint density at radius 2 is 1.54 bits per heavy atom. The highest BCUT2D eigenvalue weighted by atomic mass is 35.5. The number of para-hydroxylation sites is 2. The summed E-state index contributed by atoms with van der Waals surface area (Å²) in [6.45, 7) is 5.34. The van der Waals surface area contributed by atoms with Crippen LogP contribution in [0.4, 0.5) is 5.69 Å². The number of carbonyl (C=O) groups excluding carboxylic acids is 2. The second-order valence-electron chi connectivity index (χ2n) is 11.2. The van der Waals surface area contributed by atoms with Crippen LogP contribution in [0.1, 0.15) is 38.3 Å². The smallest absolute Gasteiger partial charge is 0.264 e. The lowest BCUT2D eigenvalue weighted by molar-refractivity contribution is -0.140. The number of nitrogens with one attached hydrogen (secondary N) is 1. The molecule has 0 spiro atoms. The van der Waals surface area contributed by atoms with Crippen LogP contribution in [-0.4, -0.2) is 56.6 Å². The van der Waals surface area contributed by atoms with E-state index >= 15 is 0 Å². The molecule has 48 heavy (non-hydrogen) atoms. The molecule has 0 fully saturated rings. The van der Waals surface area contributed by atoms with Crippen molar-refractivity contribution < 1.29 is 22.7 Å². The molecule has 8 nitrogen and oxygen atoms in total. The molecule has 0 aliphatic rings. The molecule has 0 saturated heterocycles. The molecule has 0 aliphatic heterocycles. The van der Waals surface area contributed by atoms with Crippen LogP contribution in [0, 0.1) is 0 Å². The van der Waals surface area contributed by atoms with Gasteiger partial charge in [-0.25, -0.2) is 8.42 Å². The van der Waals surface area contributed by atoms with Gasteiger partial charge in [0.05, 0.1) is 17.2 Å². The number of nitrogens with zero attached hydrogens (tertiary/aromatic N) is 2. The molecule has 0 radical (unpaired) electrons. The second-order valence-corrected chi connectivity index (χ2v) is 14.4. The van der Waals surface area contributed by atoms with Gasteiger partial charge in [0.2, 0.25) is 11.8 Å². The van der Waals surface area contributed by atoms with E-state index in [0.29, 0.717) is 22.8 Å². The first-order chi connectivity index (χ1) is 23.1. The van der Waals surface area contributed by atoms with Gasteiger partial charge in [-0.15, -0.1) is 11.8 Å². The Hall–Kier alpha value is -3.99. The van der Waals surface area contributed by atoms with E-state index in [1.54, 1.807) is 61.5 Å².